The molecule has 6 nitrogen and oxygen atoms in total. The molecule has 0 radical (unpaired) electrons. The number of carbonyl (C=O) groups excluding carboxylic acids is 2. The predicted octanol–water partition coefficient (Wildman–Crippen LogP) is 5.39. The maximum absolute atomic E-state index is 12.9. The number of hydrogen-bond donors (Lipinski definition) is 3. The summed E-state index contributed by atoms with van der Waals surface area (Å²) in [7, 11) is 0. The van der Waals surface area contributed by atoms with Crippen LogP contribution in [0.5, 0.6) is 5.75 Å². The molecule has 2 aromatic carbocycles. The molecule has 0 heterocycles. The normalized spacial score (nSPS) is 12.2. The van der Waals surface area contributed by atoms with E-state index in [9.17, 15) is 14.7 Å². The van der Waals surface area contributed by atoms with Crippen molar-refractivity contribution in [1.29, 1.82) is 0 Å². The van der Waals surface area contributed by atoms with Gasteiger partial charge in [0.2, 0.25) is 5.91 Å². The summed E-state index contributed by atoms with van der Waals surface area (Å²) < 4.78 is 5.30. The molecule has 2 amide bonds. The van der Waals surface area contributed by atoms with Crippen LogP contribution in [-0.4, -0.2) is 28.7 Å². The topological polar surface area (TPSA) is 87.7 Å². The molecule has 0 unspecified atom stereocenters. The van der Waals surface area contributed by atoms with Crippen molar-refractivity contribution in [2.75, 3.05) is 5.32 Å². The number of anilines is 1. The second-order valence-corrected chi connectivity index (χ2v) is 8.41. The maximum Gasteiger partial charge on any atom is 0.408 e. The number of aryl methyl sites for hydroxylation is 1. The van der Waals surface area contributed by atoms with Gasteiger partial charge >= 0.3 is 6.09 Å². The Balaban J connectivity index is 2.18. The second-order valence-electron chi connectivity index (χ2n) is 8.41. The molecule has 162 valence electrons. The number of unbranched alkanes of at least 4 members (excludes halogenated alkanes) is 1. The summed E-state index contributed by atoms with van der Waals surface area (Å²) in [6.07, 6.45) is 1.62. The molecule has 3 N–H and O–H groups in total. The summed E-state index contributed by atoms with van der Waals surface area (Å²) in [5, 5.41) is 15.4. The van der Waals surface area contributed by atoms with Crippen LogP contribution in [0.15, 0.2) is 42.5 Å². The Labute approximate surface area is 178 Å². The first-order valence-corrected chi connectivity index (χ1v) is 10.3. The zero-order valence-electron chi connectivity index (χ0n) is 18.4. The Bertz CT molecular complexity index is 887. The standard InChI is InChI=1S/C24H32N2O4/c1-6-7-11-21(26-23(29)30-24(3,4)5)22(28)25-18-13-12-16(2)20(15-18)17-9-8-10-19(27)14-17/h8-10,12-15,21,27H,6-7,11H2,1-5H3,(H,25,28)(H,26,29)/t21-/m0/s1. The molecule has 0 fully saturated rings. The number of nitrogens with one attached hydrogen (secondary N) is 2. The summed E-state index contributed by atoms with van der Waals surface area (Å²) >= 11 is 0. The highest BCUT2D eigenvalue weighted by atomic mass is 16.6. The minimum Gasteiger partial charge on any atom is -0.508 e. The molecule has 0 saturated carbocycles. The molecule has 0 spiro atoms. The highest BCUT2D eigenvalue weighted by molar-refractivity contribution is 5.97. The Hall–Kier alpha value is -3.02. The molecule has 6 heteroatoms. The zero-order chi connectivity index (χ0) is 22.3. The van der Waals surface area contributed by atoms with E-state index in [4.69, 9.17) is 4.74 Å². The number of alkyl carbamates (subject to hydrolysis) is 1. The van der Waals surface area contributed by atoms with Gasteiger partial charge in [0.1, 0.15) is 17.4 Å². The molecule has 2 aromatic rings. The van der Waals surface area contributed by atoms with Gasteiger partial charge in [0.05, 0.1) is 0 Å². The molecule has 0 saturated heterocycles. The van der Waals surface area contributed by atoms with Crippen molar-refractivity contribution in [2.45, 2.75) is 65.5 Å². The monoisotopic (exact) mass is 412 g/mol. The third kappa shape index (κ3) is 7.10. The highest BCUT2D eigenvalue weighted by Gasteiger charge is 2.24. The van der Waals surface area contributed by atoms with Gasteiger partial charge in [0, 0.05) is 5.69 Å². The van der Waals surface area contributed by atoms with E-state index >= 15 is 0 Å². The van der Waals surface area contributed by atoms with Crippen LogP contribution in [-0.2, 0) is 9.53 Å². The van der Waals surface area contributed by atoms with Crippen molar-refractivity contribution >= 4 is 17.7 Å². The van der Waals surface area contributed by atoms with E-state index in [1.807, 2.05) is 38.1 Å². The van der Waals surface area contributed by atoms with Crippen LogP contribution >= 0.6 is 0 Å². The van der Waals surface area contributed by atoms with Crippen molar-refractivity contribution < 1.29 is 19.4 Å². The minimum absolute atomic E-state index is 0.183. The number of benzene rings is 2. The van der Waals surface area contributed by atoms with E-state index in [0.29, 0.717) is 12.1 Å². The zero-order valence-corrected chi connectivity index (χ0v) is 18.4. The third-order valence-corrected chi connectivity index (χ3v) is 4.52. The van der Waals surface area contributed by atoms with Gasteiger partial charge in [-0.2, -0.15) is 0 Å². The van der Waals surface area contributed by atoms with E-state index in [2.05, 4.69) is 10.6 Å². The molecule has 0 aliphatic heterocycles. The largest absolute Gasteiger partial charge is 0.508 e. The average Bonchev–Trinajstić information content (AvgIpc) is 2.65. The third-order valence-electron chi connectivity index (χ3n) is 4.52. The molecule has 0 aliphatic rings. The molecular weight excluding hydrogens is 380 g/mol. The van der Waals surface area contributed by atoms with Crippen molar-refractivity contribution in [3.8, 4) is 16.9 Å². The number of ether oxygens (including phenoxy) is 1. The highest BCUT2D eigenvalue weighted by Crippen LogP contribution is 2.29. The van der Waals surface area contributed by atoms with Gasteiger partial charge in [0.15, 0.2) is 0 Å². The van der Waals surface area contributed by atoms with Crippen molar-refractivity contribution in [1.82, 2.24) is 5.32 Å². The lowest BCUT2D eigenvalue weighted by Gasteiger charge is -2.23. The fourth-order valence-corrected chi connectivity index (χ4v) is 3.04. The van der Waals surface area contributed by atoms with Gasteiger partial charge in [-0.25, -0.2) is 4.79 Å². The molecule has 0 aliphatic carbocycles. The summed E-state index contributed by atoms with van der Waals surface area (Å²) in [6.45, 7) is 9.35. The SMILES string of the molecule is CCCC[C@H](NC(=O)OC(C)(C)C)C(=O)Nc1ccc(C)c(-c2cccc(O)c2)c1. The van der Waals surface area contributed by atoms with Gasteiger partial charge in [-0.1, -0.05) is 38.0 Å². The Kier molecular flexibility index (Phi) is 7.86. The average molecular weight is 413 g/mol. The Morgan fingerprint density at radius 2 is 1.87 bits per heavy atom. The van der Waals surface area contributed by atoms with Crippen molar-refractivity contribution in [3.05, 3.63) is 48.0 Å². The first kappa shape index (κ1) is 23.3. The van der Waals surface area contributed by atoms with E-state index in [1.54, 1.807) is 39.0 Å². The smallest absolute Gasteiger partial charge is 0.408 e. The molecular formula is C24H32N2O4. The first-order chi connectivity index (χ1) is 14.1. The number of hydrogen-bond acceptors (Lipinski definition) is 4. The number of phenols is 1. The number of amides is 2. The number of phenolic OH excluding ortho intramolecular Hbond substituents is 1. The van der Waals surface area contributed by atoms with Crippen LogP contribution in [0, 0.1) is 6.92 Å². The Morgan fingerprint density at radius 1 is 1.13 bits per heavy atom. The lowest BCUT2D eigenvalue weighted by molar-refractivity contribution is -0.118. The van der Waals surface area contributed by atoms with Crippen LogP contribution < -0.4 is 10.6 Å². The first-order valence-electron chi connectivity index (χ1n) is 10.3. The fraction of sp³-hybridized carbons (Fsp3) is 0.417. The number of aromatic hydroxyl groups is 1. The van der Waals surface area contributed by atoms with Gasteiger partial charge in [-0.05, 0) is 75.1 Å². The quantitative estimate of drug-likeness (QED) is 0.569. The van der Waals surface area contributed by atoms with Gasteiger partial charge in [-0.15, -0.1) is 0 Å². The van der Waals surface area contributed by atoms with Crippen LogP contribution in [0.25, 0.3) is 11.1 Å². The summed E-state index contributed by atoms with van der Waals surface area (Å²) in [5.41, 5.74) is 2.78. The second kappa shape index (κ2) is 10.1. The number of carbonyl (C=O) groups is 2. The van der Waals surface area contributed by atoms with Crippen LogP contribution in [0.4, 0.5) is 10.5 Å². The van der Waals surface area contributed by atoms with Gasteiger partial charge in [0.25, 0.3) is 0 Å². The fourth-order valence-electron chi connectivity index (χ4n) is 3.04. The molecule has 0 bridgehead atoms. The van der Waals surface area contributed by atoms with E-state index < -0.39 is 17.7 Å². The van der Waals surface area contributed by atoms with Crippen molar-refractivity contribution in [2.24, 2.45) is 0 Å². The van der Waals surface area contributed by atoms with Crippen LogP contribution in [0.2, 0.25) is 0 Å². The lowest BCUT2D eigenvalue weighted by atomic mass is 9.99. The molecule has 1 atom stereocenters. The lowest BCUT2D eigenvalue weighted by Crippen LogP contribution is -2.45. The van der Waals surface area contributed by atoms with Gasteiger partial charge < -0.3 is 20.5 Å². The maximum atomic E-state index is 12.9. The van der Waals surface area contributed by atoms with E-state index in [-0.39, 0.29) is 11.7 Å². The predicted molar refractivity (Wildman–Crippen MR) is 120 cm³/mol. The molecule has 30 heavy (non-hydrogen) atoms. The minimum atomic E-state index is -0.690. The van der Waals surface area contributed by atoms with Crippen LogP contribution in [0.3, 0.4) is 0 Å². The van der Waals surface area contributed by atoms with E-state index in [0.717, 1.165) is 29.5 Å². The Morgan fingerprint density at radius 3 is 2.50 bits per heavy atom. The molecule has 0 aromatic heterocycles. The van der Waals surface area contributed by atoms with Gasteiger partial charge in [-0.3, -0.25) is 4.79 Å². The summed E-state index contributed by atoms with van der Waals surface area (Å²) in [6, 6.07) is 11.9. The van der Waals surface area contributed by atoms with E-state index in [1.165, 1.54) is 0 Å². The number of rotatable bonds is 7. The molecule has 2 rings (SSSR count). The van der Waals surface area contributed by atoms with Crippen molar-refractivity contribution in [3.63, 3.8) is 0 Å². The summed E-state index contributed by atoms with van der Waals surface area (Å²) in [5.74, 6) is -0.109. The van der Waals surface area contributed by atoms with Crippen LogP contribution in [0.1, 0.15) is 52.5 Å². The summed E-state index contributed by atoms with van der Waals surface area (Å²) in [4.78, 5) is 25.1.